The molecule has 0 saturated heterocycles. The van der Waals surface area contributed by atoms with Gasteiger partial charge in [-0.25, -0.2) is 4.39 Å². The molecular formula is C13H15FN2OS. The van der Waals surface area contributed by atoms with Gasteiger partial charge in [0.1, 0.15) is 10.8 Å². The fourth-order valence-electron chi connectivity index (χ4n) is 1.96. The number of anilines is 1. The molecule has 1 amide bonds. The second-order valence-electron chi connectivity index (χ2n) is 4.61. The Hall–Kier alpha value is -1.49. The van der Waals surface area contributed by atoms with Crippen molar-refractivity contribution in [2.45, 2.75) is 25.7 Å². The van der Waals surface area contributed by atoms with E-state index in [1.165, 1.54) is 24.6 Å². The third-order valence-electron chi connectivity index (χ3n) is 3.21. The number of halogens is 1. The Morgan fingerprint density at radius 2 is 2.22 bits per heavy atom. The van der Waals surface area contributed by atoms with Crippen molar-refractivity contribution in [2.75, 3.05) is 5.32 Å². The Labute approximate surface area is 111 Å². The molecule has 1 aromatic rings. The van der Waals surface area contributed by atoms with Crippen molar-refractivity contribution < 1.29 is 9.18 Å². The van der Waals surface area contributed by atoms with Gasteiger partial charge in [-0.05, 0) is 37.0 Å². The third kappa shape index (κ3) is 3.04. The van der Waals surface area contributed by atoms with Gasteiger partial charge in [-0.2, -0.15) is 0 Å². The largest absolute Gasteiger partial charge is 0.389 e. The lowest BCUT2D eigenvalue weighted by Gasteiger charge is -2.24. The highest BCUT2D eigenvalue weighted by molar-refractivity contribution is 7.80. The highest BCUT2D eigenvalue weighted by Crippen LogP contribution is 2.29. The molecule has 0 heterocycles. The smallest absolute Gasteiger partial charge is 0.224 e. The van der Waals surface area contributed by atoms with Crippen molar-refractivity contribution in [1.82, 2.24) is 0 Å². The molecule has 96 valence electrons. The summed E-state index contributed by atoms with van der Waals surface area (Å²) in [6.07, 6.45) is 3.98. The van der Waals surface area contributed by atoms with Gasteiger partial charge in [0.25, 0.3) is 0 Å². The van der Waals surface area contributed by atoms with Crippen LogP contribution in [0.5, 0.6) is 0 Å². The lowest BCUT2D eigenvalue weighted by molar-refractivity contribution is -0.117. The first kappa shape index (κ1) is 13.0. The van der Waals surface area contributed by atoms with Crippen LogP contribution in [-0.2, 0) is 4.79 Å². The molecule has 1 aliphatic carbocycles. The highest BCUT2D eigenvalue weighted by atomic mass is 32.1. The summed E-state index contributed by atoms with van der Waals surface area (Å²) in [5.74, 6) is -0.0137. The number of nitrogens with two attached hydrogens (primary N) is 1. The van der Waals surface area contributed by atoms with E-state index in [0.29, 0.717) is 18.0 Å². The Morgan fingerprint density at radius 1 is 1.50 bits per heavy atom. The van der Waals surface area contributed by atoms with Crippen molar-refractivity contribution in [2.24, 2.45) is 11.7 Å². The Morgan fingerprint density at radius 3 is 2.78 bits per heavy atom. The molecule has 0 unspecified atom stereocenters. The van der Waals surface area contributed by atoms with Crippen molar-refractivity contribution >= 4 is 28.8 Å². The molecule has 1 fully saturated rings. The zero-order valence-corrected chi connectivity index (χ0v) is 10.7. The van der Waals surface area contributed by atoms with Crippen LogP contribution in [0.3, 0.4) is 0 Å². The van der Waals surface area contributed by atoms with Crippen LogP contribution in [0.4, 0.5) is 10.1 Å². The summed E-state index contributed by atoms with van der Waals surface area (Å²) >= 11 is 4.75. The number of benzene rings is 1. The van der Waals surface area contributed by atoms with Crippen molar-refractivity contribution in [3.63, 3.8) is 0 Å². The van der Waals surface area contributed by atoms with Crippen LogP contribution in [0.1, 0.15) is 31.2 Å². The second kappa shape index (κ2) is 5.44. The molecule has 1 aliphatic rings. The van der Waals surface area contributed by atoms with Gasteiger partial charge in [-0.1, -0.05) is 18.6 Å². The zero-order valence-electron chi connectivity index (χ0n) is 9.91. The van der Waals surface area contributed by atoms with E-state index in [1.807, 2.05) is 0 Å². The molecule has 3 nitrogen and oxygen atoms in total. The minimum atomic E-state index is -0.473. The molecule has 0 radical (unpaired) electrons. The molecule has 1 aromatic carbocycles. The highest BCUT2D eigenvalue weighted by Gasteiger charge is 2.20. The van der Waals surface area contributed by atoms with Crippen LogP contribution < -0.4 is 11.1 Å². The molecule has 18 heavy (non-hydrogen) atoms. The fourth-order valence-corrected chi connectivity index (χ4v) is 2.12. The predicted molar refractivity (Wildman–Crippen MR) is 72.9 cm³/mol. The molecule has 1 saturated carbocycles. The molecular weight excluding hydrogens is 251 g/mol. The van der Waals surface area contributed by atoms with Crippen LogP contribution in [-0.4, -0.2) is 10.9 Å². The van der Waals surface area contributed by atoms with E-state index >= 15 is 0 Å². The molecule has 0 aliphatic heterocycles. The number of hydrogen-bond donors (Lipinski definition) is 2. The maximum absolute atomic E-state index is 13.4. The summed E-state index contributed by atoms with van der Waals surface area (Å²) in [7, 11) is 0. The lowest BCUT2D eigenvalue weighted by atomic mass is 9.83. The standard InChI is InChI=1S/C13H15FN2OS/c14-11-5-4-9(7-10(11)13(15)18)16-12(17)6-8-2-1-3-8/h4-5,7-8H,1-3,6H2,(H2,15,18)(H,16,17). The minimum absolute atomic E-state index is 0.0115. The quantitative estimate of drug-likeness (QED) is 0.824. The number of thiocarbonyl (C=S) groups is 1. The van der Waals surface area contributed by atoms with Crippen molar-refractivity contribution in [3.8, 4) is 0 Å². The van der Waals surface area contributed by atoms with Crippen LogP contribution in [0.25, 0.3) is 0 Å². The van der Waals surface area contributed by atoms with Gasteiger partial charge in [0.2, 0.25) is 5.91 Å². The van der Waals surface area contributed by atoms with Crippen molar-refractivity contribution in [3.05, 3.63) is 29.6 Å². The monoisotopic (exact) mass is 266 g/mol. The van der Waals surface area contributed by atoms with Gasteiger partial charge in [-0.15, -0.1) is 0 Å². The first-order chi connectivity index (χ1) is 8.56. The van der Waals surface area contributed by atoms with Crippen LogP contribution in [0.15, 0.2) is 18.2 Å². The summed E-state index contributed by atoms with van der Waals surface area (Å²) in [6, 6.07) is 4.24. The predicted octanol–water partition coefficient (Wildman–Crippen LogP) is 2.59. The molecule has 3 N–H and O–H groups in total. The fraction of sp³-hybridized carbons (Fsp3) is 0.385. The molecule has 0 aromatic heterocycles. The van der Waals surface area contributed by atoms with Gasteiger partial charge in [0, 0.05) is 17.7 Å². The van der Waals surface area contributed by atoms with E-state index in [2.05, 4.69) is 5.32 Å². The first-order valence-electron chi connectivity index (χ1n) is 5.95. The lowest BCUT2D eigenvalue weighted by Crippen LogP contribution is -2.21. The number of rotatable bonds is 4. The molecule has 0 bridgehead atoms. The third-order valence-corrected chi connectivity index (χ3v) is 3.43. The van der Waals surface area contributed by atoms with E-state index in [0.717, 1.165) is 12.8 Å². The zero-order chi connectivity index (χ0) is 13.1. The number of carbonyl (C=O) groups is 1. The van der Waals surface area contributed by atoms with Crippen LogP contribution in [0, 0.1) is 11.7 Å². The number of amides is 1. The molecule has 5 heteroatoms. The minimum Gasteiger partial charge on any atom is -0.389 e. The average molecular weight is 266 g/mol. The number of carbonyl (C=O) groups excluding carboxylic acids is 1. The van der Waals surface area contributed by atoms with E-state index in [-0.39, 0.29) is 16.5 Å². The second-order valence-corrected chi connectivity index (χ2v) is 5.05. The summed E-state index contributed by atoms with van der Waals surface area (Å²) in [5.41, 5.74) is 6.09. The molecule has 2 rings (SSSR count). The van der Waals surface area contributed by atoms with E-state index in [9.17, 15) is 9.18 Å². The SMILES string of the molecule is NC(=S)c1cc(NC(=O)CC2CCC2)ccc1F. The van der Waals surface area contributed by atoms with Crippen molar-refractivity contribution in [1.29, 1.82) is 0 Å². The number of hydrogen-bond acceptors (Lipinski definition) is 2. The Balaban J connectivity index is 2.02. The van der Waals surface area contributed by atoms with Crippen LogP contribution in [0.2, 0.25) is 0 Å². The topological polar surface area (TPSA) is 55.1 Å². The van der Waals surface area contributed by atoms with Gasteiger partial charge in [0.05, 0.1) is 0 Å². The van der Waals surface area contributed by atoms with E-state index < -0.39 is 5.82 Å². The molecule has 0 atom stereocenters. The maximum Gasteiger partial charge on any atom is 0.224 e. The summed E-state index contributed by atoms with van der Waals surface area (Å²) < 4.78 is 13.4. The van der Waals surface area contributed by atoms with E-state index in [4.69, 9.17) is 18.0 Å². The van der Waals surface area contributed by atoms with E-state index in [1.54, 1.807) is 0 Å². The summed E-state index contributed by atoms with van der Waals surface area (Å²) in [4.78, 5) is 11.7. The molecule has 0 spiro atoms. The maximum atomic E-state index is 13.4. The van der Waals surface area contributed by atoms with Gasteiger partial charge in [-0.3, -0.25) is 4.79 Å². The normalized spacial score (nSPS) is 14.9. The average Bonchev–Trinajstić information content (AvgIpc) is 2.26. The van der Waals surface area contributed by atoms with Gasteiger partial charge >= 0.3 is 0 Å². The summed E-state index contributed by atoms with van der Waals surface area (Å²) in [6.45, 7) is 0. The van der Waals surface area contributed by atoms with Crippen LogP contribution >= 0.6 is 12.2 Å². The number of nitrogens with one attached hydrogen (secondary N) is 1. The first-order valence-corrected chi connectivity index (χ1v) is 6.36. The summed E-state index contributed by atoms with van der Waals surface area (Å²) in [5, 5.41) is 2.74. The Kier molecular flexibility index (Phi) is 3.91. The Bertz CT molecular complexity index is 486. The van der Waals surface area contributed by atoms with Gasteiger partial charge in [0.15, 0.2) is 0 Å². The van der Waals surface area contributed by atoms with Gasteiger partial charge < -0.3 is 11.1 Å².